The van der Waals surface area contributed by atoms with Crippen LogP contribution in [0.1, 0.15) is 17.1 Å². The monoisotopic (exact) mass is 410 g/mol. The molecule has 0 unspecified atom stereocenters. The maximum absolute atomic E-state index is 12.5. The number of nitrogens with zero attached hydrogens (tertiary/aromatic N) is 2. The van der Waals surface area contributed by atoms with Crippen LogP contribution >= 0.6 is 24.0 Å². The van der Waals surface area contributed by atoms with Crippen molar-refractivity contribution in [1.29, 1.82) is 0 Å². The quantitative estimate of drug-likeness (QED) is 0.640. The van der Waals surface area contributed by atoms with Gasteiger partial charge in [0.25, 0.3) is 5.56 Å². The third-order valence-electron chi connectivity index (χ3n) is 3.55. The maximum Gasteiger partial charge on any atom is 0.433 e. The molecule has 2 aromatic heterocycles. The van der Waals surface area contributed by atoms with Gasteiger partial charge < -0.3 is 10.3 Å². The van der Waals surface area contributed by atoms with Crippen LogP contribution < -0.4 is 10.9 Å². The Kier molecular flexibility index (Phi) is 5.76. The minimum Gasteiger partial charge on any atom is -0.367 e. The van der Waals surface area contributed by atoms with E-state index in [2.05, 4.69) is 20.3 Å². The molecule has 27 heavy (non-hydrogen) atoms. The molecule has 0 bridgehead atoms. The summed E-state index contributed by atoms with van der Waals surface area (Å²) in [7, 11) is 0. The first-order valence-electron chi connectivity index (χ1n) is 7.73. The Morgan fingerprint density at radius 3 is 2.70 bits per heavy atom. The third kappa shape index (κ3) is 5.04. The molecule has 0 amide bonds. The molecule has 0 saturated heterocycles. The molecule has 0 fully saturated rings. The third-order valence-corrected chi connectivity index (χ3v) is 4.88. The molecular formula is C17H13F3N4OS2. The lowest BCUT2D eigenvalue weighted by molar-refractivity contribution is -0.141. The number of benzene rings is 1. The number of aromatic amines is 1. The van der Waals surface area contributed by atoms with Crippen molar-refractivity contribution in [3.63, 3.8) is 0 Å². The second-order valence-electron chi connectivity index (χ2n) is 5.51. The summed E-state index contributed by atoms with van der Waals surface area (Å²) in [6.45, 7) is 0.249. The Labute approximate surface area is 161 Å². The van der Waals surface area contributed by atoms with E-state index >= 15 is 0 Å². The van der Waals surface area contributed by atoms with Crippen molar-refractivity contribution in [3.8, 4) is 0 Å². The van der Waals surface area contributed by atoms with Gasteiger partial charge in [0.1, 0.15) is 15.8 Å². The Hall–Kier alpha value is -2.46. The van der Waals surface area contributed by atoms with E-state index in [-0.39, 0.29) is 12.1 Å². The summed E-state index contributed by atoms with van der Waals surface area (Å²) in [6, 6.07) is 9.30. The van der Waals surface area contributed by atoms with Crippen molar-refractivity contribution in [2.24, 2.45) is 0 Å². The van der Waals surface area contributed by atoms with Crippen LogP contribution in [0.15, 0.2) is 47.4 Å². The van der Waals surface area contributed by atoms with E-state index in [0.717, 1.165) is 12.3 Å². The second-order valence-corrected chi connectivity index (χ2v) is 7.16. The number of alkyl halides is 3. The summed E-state index contributed by atoms with van der Waals surface area (Å²) in [6.07, 6.45) is -3.30. The van der Waals surface area contributed by atoms with E-state index in [1.807, 2.05) is 0 Å². The largest absolute Gasteiger partial charge is 0.433 e. The number of hydrogen-bond donors (Lipinski definition) is 2. The Balaban J connectivity index is 1.55. The molecule has 0 saturated carbocycles. The average Bonchev–Trinajstić information content (AvgIpc) is 2.64. The normalized spacial score (nSPS) is 11.5. The zero-order chi connectivity index (χ0) is 19.4. The SMILES string of the molecule is O=c1[nH]c(CSC(=S)NCc2ccc(C(F)(F)F)nc2)nc2ccccc12. The molecular weight excluding hydrogens is 397 g/mol. The van der Waals surface area contributed by atoms with Gasteiger partial charge in [-0.05, 0) is 23.8 Å². The first-order valence-corrected chi connectivity index (χ1v) is 9.13. The summed E-state index contributed by atoms with van der Waals surface area (Å²) < 4.78 is 37.9. The lowest BCUT2D eigenvalue weighted by Crippen LogP contribution is -2.19. The van der Waals surface area contributed by atoms with Gasteiger partial charge in [-0.25, -0.2) is 4.98 Å². The van der Waals surface area contributed by atoms with Crippen LogP contribution in [0.2, 0.25) is 0 Å². The van der Waals surface area contributed by atoms with Crippen molar-refractivity contribution < 1.29 is 13.2 Å². The minimum absolute atomic E-state index is 0.217. The predicted molar refractivity (Wildman–Crippen MR) is 102 cm³/mol. The Morgan fingerprint density at radius 1 is 1.22 bits per heavy atom. The Morgan fingerprint density at radius 2 is 2.00 bits per heavy atom. The fourth-order valence-electron chi connectivity index (χ4n) is 2.26. The molecule has 2 N–H and O–H groups in total. The summed E-state index contributed by atoms with van der Waals surface area (Å²) in [5.41, 5.74) is 0.0233. The molecule has 10 heteroatoms. The Bertz CT molecular complexity index is 1020. The second kappa shape index (κ2) is 8.05. The summed E-state index contributed by atoms with van der Waals surface area (Å²) in [5, 5.41) is 3.45. The first kappa shape index (κ1) is 19.3. The van der Waals surface area contributed by atoms with Crippen molar-refractivity contribution in [2.45, 2.75) is 18.5 Å². The van der Waals surface area contributed by atoms with Gasteiger partial charge in [0.05, 0.1) is 16.7 Å². The first-order chi connectivity index (χ1) is 12.8. The van der Waals surface area contributed by atoms with Gasteiger partial charge in [-0.2, -0.15) is 13.2 Å². The number of rotatable bonds is 4. The molecule has 0 aliphatic rings. The van der Waals surface area contributed by atoms with Crippen molar-refractivity contribution in [2.75, 3.05) is 0 Å². The van der Waals surface area contributed by atoms with Crippen LogP contribution in [0.3, 0.4) is 0 Å². The lowest BCUT2D eigenvalue weighted by Gasteiger charge is -2.09. The highest BCUT2D eigenvalue weighted by Gasteiger charge is 2.31. The minimum atomic E-state index is -4.46. The van der Waals surface area contributed by atoms with Crippen LogP contribution in [-0.2, 0) is 18.5 Å². The van der Waals surface area contributed by atoms with E-state index in [0.29, 0.717) is 32.4 Å². The summed E-state index contributed by atoms with van der Waals surface area (Å²) in [5.74, 6) is 0.848. The predicted octanol–water partition coefficient (Wildman–Crippen LogP) is 3.64. The molecule has 0 radical (unpaired) electrons. The van der Waals surface area contributed by atoms with Crippen molar-refractivity contribution >= 4 is 39.2 Å². The molecule has 0 aliphatic carbocycles. The topological polar surface area (TPSA) is 70.7 Å². The zero-order valence-corrected chi connectivity index (χ0v) is 15.3. The maximum atomic E-state index is 12.5. The molecule has 1 aromatic carbocycles. The number of para-hydroxylation sites is 1. The number of fused-ring (bicyclic) bond motifs is 1. The number of thiocarbonyl (C=S) groups is 1. The van der Waals surface area contributed by atoms with Gasteiger partial charge in [0.15, 0.2) is 0 Å². The fourth-order valence-corrected chi connectivity index (χ4v) is 3.09. The summed E-state index contributed by atoms with van der Waals surface area (Å²) in [4.78, 5) is 22.5. The van der Waals surface area contributed by atoms with E-state index < -0.39 is 11.9 Å². The van der Waals surface area contributed by atoms with E-state index in [1.54, 1.807) is 24.3 Å². The smallest absolute Gasteiger partial charge is 0.367 e. The number of aromatic nitrogens is 3. The van der Waals surface area contributed by atoms with Crippen LogP contribution in [-0.4, -0.2) is 19.3 Å². The highest BCUT2D eigenvalue weighted by molar-refractivity contribution is 8.22. The molecule has 140 valence electrons. The molecule has 5 nitrogen and oxygen atoms in total. The highest BCUT2D eigenvalue weighted by Crippen LogP contribution is 2.27. The molecule has 0 aliphatic heterocycles. The lowest BCUT2D eigenvalue weighted by atomic mass is 10.2. The number of halogens is 3. The number of H-pyrrole nitrogens is 1. The number of pyridine rings is 1. The van der Waals surface area contributed by atoms with Crippen molar-refractivity contribution in [3.05, 3.63) is 70.0 Å². The number of thioether (sulfide) groups is 1. The van der Waals surface area contributed by atoms with Crippen molar-refractivity contribution in [1.82, 2.24) is 20.3 Å². The van der Waals surface area contributed by atoms with E-state index in [1.165, 1.54) is 17.8 Å². The molecule has 0 spiro atoms. The van der Waals surface area contributed by atoms with E-state index in [9.17, 15) is 18.0 Å². The number of hydrogen-bond acceptors (Lipinski definition) is 5. The standard InChI is InChI=1S/C17H13F3N4OS2/c18-17(19,20)13-6-5-10(7-21-13)8-22-16(26)27-9-14-23-12-4-2-1-3-11(12)15(25)24-14/h1-7H,8-9H2,(H,22,26)(H,23,24,25). The van der Waals surface area contributed by atoms with Crippen LogP contribution in [0, 0.1) is 0 Å². The summed E-state index contributed by atoms with van der Waals surface area (Å²) >= 11 is 6.46. The molecule has 0 atom stereocenters. The van der Waals surface area contributed by atoms with Crippen LogP contribution in [0.25, 0.3) is 10.9 Å². The fraction of sp³-hybridized carbons (Fsp3) is 0.176. The molecule has 2 heterocycles. The van der Waals surface area contributed by atoms with E-state index in [4.69, 9.17) is 12.2 Å². The van der Waals surface area contributed by atoms with Gasteiger partial charge in [0, 0.05) is 12.7 Å². The average molecular weight is 410 g/mol. The van der Waals surface area contributed by atoms with Gasteiger partial charge >= 0.3 is 6.18 Å². The molecule has 3 aromatic rings. The van der Waals surface area contributed by atoms with Gasteiger partial charge in [-0.1, -0.05) is 42.2 Å². The van der Waals surface area contributed by atoms with Gasteiger partial charge in [-0.3, -0.25) is 9.78 Å². The van der Waals surface area contributed by atoms with Gasteiger partial charge in [0.2, 0.25) is 0 Å². The van der Waals surface area contributed by atoms with Crippen LogP contribution in [0.4, 0.5) is 13.2 Å². The highest BCUT2D eigenvalue weighted by atomic mass is 32.2. The zero-order valence-electron chi connectivity index (χ0n) is 13.7. The van der Waals surface area contributed by atoms with Crippen LogP contribution in [0.5, 0.6) is 0 Å². The van der Waals surface area contributed by atoms with Gasteiger partial charge in [-0.15, -0.1) is 0 Å². The molecule has 3 rings (SSSR count). The number of nitrogens with one attached hydrogen (secondary N) is 2.